The fourth-order valence-electron chi connectivity index (χ4n) is 6.24. The maximum absolute atomic E-state index is 13.4. The van der Waals surface area contributed by atoms with E-state index in [1.54, 1.807) is 11.8 Å². The van der Waals surface area contributed by atoms with Gasteiger partial charge in [-0.1, -0.05) is 62.9 Å². The van der Waals surface area contributed by atoms with Crippen molar-refractivity contribution in [1.82, 2.24) is 15.5 Å². The van der Waals surface area contributed by atoms with Crippen molar-refractivity contribution >= 4 is 23.6 Å². The van der Waals surface area contributed by atoms with E-state index in [9.17, 15) is 14.7 Å². The van der Waals surface area contributed by atoms with Gasteiger partial charge in [-0.15, -0.1) is 11.8 Å². The first-order chi connectivity index (χ1) is 19.4. The Hall–Kier alpha value is -2.35. The fourth-order valence-corrected chi connectivity index (χ4v) is 7.27. The van der Waals surface area contributed by atoms with Gasteiger partial charge in [0, 0.05) is 35.8 Å². The van der Waals surface area contributed by atoms with Crippen LogP contribution in [-0.4, -0.2) is 65.4 Å². The van der Waals surface area contributed by atoms with Gasteiger partial charge < -0.3 is 15.7 Å². The number of carbonyl (C=O) groups excluding carboxylic acids is 2. The molecule has 2 aromatic carbocycles. The number of thioether (sulfide) groups is 1. The highest BCUT2D eigenvalue weighted by Gasteiger charge is 2.41. The number of β-amino-alcohol motifs (C(OH)–C–C–N with tert-alkyl or cyclic N) is 1. The zero-order valence-corrected chi connectivity index (χ0v) is 25.2. The van der Waals surface area contributed by atoms with E-state index in [-0.39, 0.29) is 17.9 Å². The van der Waals surface area contributed by atoms with Crippen LogP contribution in [0.15, 0.2) is 53.4 Å². The number of aryl methyl sites for hydroxylation is 1. The highest BCUT2D eigenvalue weighted by molar-refractivity contribution is 7.99. The lowest BCUT2D eigenvalue weighted by Gasteiger charge is -2.46. The number of fused-ring (bicyclic) bond motifs is 1. The lowest BCUT2D eigenvalue weighted by Crippen LogP contribution is -2.59. The van der Waals surface area contributed by atoms with E-state index in [1.807, 2.05) is 62.4 Å². The third kappa shape index (κ3) is 8.11. The normalized spacial score (nSPS) is 22.6. The summed E-state index contributed by atoms with van der Waals surface area (Å²) in [4.78, 5) is 30.1. The zero-order chi connectivity index (χ0) is 28.5. The van der Waals surface area contributed by atoms with Crippen LogP contribution in [0.3, 0.4) is 0 Å². The molecule has 1 saturated carbocycles. The van der Waals surface area contributed by atoms with Gasteiger partial charge in [-0.25, -0.2) is 0 Å². The van der Waals surface area contributed by atoms with Crippen LogP contribution in [0.5, 0.6) is 0 Å². The maximum atomic E-state index is 13.4. The Morgan fingerprint density at radius 3 is 2.55 bits per heavy atom. The first-order valence-electron chi connectivity index (χ1n) is 15.1. The monoisotopic (exact) mass is 565 g/mol. The van der Waals surface area contributed by atoms with Crippen molar-refractivity contribution in [2.24, 2.45) is 11.8 Å². The topological polar surface area (TPSA) is 81.7 Å². The summed E-state index contributed by atoms with van der Waals surface area (Å²) in [6.07, 6.45) is 6.93. The number of aliphatic hydroxyl groups is 1. The summed E-state index contributed by atoms with van der Waals surface area (Å²) in [5, 5.41) is 18.0. The Morgan fingerprint density at radius 1 is 1.05 bits per heavy atom. The molecule has 2 aliphatic rings. The average Bonchev–Trinajstić information content (AvgIpc) is 2.96. The summed E-state index contributed by atoms with van der Waals surface area (Å²) in [6, 6.07) is 15.1. The molecule has 2 fully saturated rings. The van der Waals surface area contributed by atoms with Gasteiger partial charge in [0.1, 0.15) is 0 Å². The molecule has 0 spiro atoms. The third-order valence-electron chi connectivity index (χ3n) is 8.86. The van der Waals surface area contributed by atoms with Crippen molar-refractivity contribution < 1.29 is 14.7 Å². The minimum atomic E-state index is -0.809. The molecule has 1 saturated heterocycles. The fraction of sp³-hybridized carbons (Fsp3) is 0.576. The SMILES string of the molecule is CCCCNC(=O)[C@@H]1C[C@@H]2CCCC[C@@H]2CN1C[C@@H](O)[C@H](CSc1ccccc1)NC(=O)c1cccc(C)c1C. The second-order valence-corrected chi connectivity index (χ2v) is 12.8. The number of likely N-dealkylation sites (tertiary alicyclic amines) is 1. The van der Waals surface area contributed by atoms with Gasteiger partial charge in [0.15, 0.2) is 0 Å². The predicted molar refractivity (Wildman–Crippen MR) is 164 cm³/mol. The Balaban J connectivity index is 1.51. The van der Waals surface area contributed by atoms with Gasteiger partial charge in [0.2, 0.25) is 5.91 Å². The smallest absolute Gasteiger partial charge is 0.251 e. The zero-order valence-electron chi connectivity index (χ0n) is 24.4. The molecule has 6 nitrogen and oxygen atoms in total. The number of unbranched alkanes of at least 4 members (excludes halogenated alkanes) is 1. The van der Waals surface area contributed by atoms with Crippen molar-refractivity contribution in [3.05, 3.63) is 65.2 Å². The number of aliphatic hydroxyl groups excluding tert-OH is 1. The molecule has 0 radical (unpaired) electrons. The van der Waals surface area contributed by atoms with Gasteiger partial charge in [-0.3, -0.25) is 14.5 Å². The van der Waals surface area contributed by atoms with Crippen molar-refractivity contribution in [2.45, 2.75) is 88.8 Å². The highest BCUT2D eigenvalue weighted by Crippen LogP contribution is 2.38. The molecule has 2 amide bonds. The van der Waals surface area contributed by atoms with E-state index in [1.165, 1.54) is 25.7 Å². The van der Waals surface area contributed by atoms with Crippen molar-refractivity contribution in [2.75, 3.05) is 25.4 Å². The lowest BCUT2D eigenvalue weighted by atomic mass is 9.72. The van der Waals surface area contributed by atoms with Crippen LogP contribution in [0.25, 0.3) is 0 Å². The summed E-state index contributed by atoms with van der Waals surface area (Å²) >= 11 is 1.63. The average molecular weight is 566 g/mol. The molecule has 4 rings (SSSR count). The molecule has 0 bridgehead atoms. The molecule has 7 heteroatoms. The van der Waals surface area contributed by atoms with Gasteiger partial charge in [0.05, 0.1) is 18.2 Å². The summed E-state index contributed by atoms with van der Waals surface area (Å²) in [7, 11) is 0. The molecule has 0 aromatic heterocycles. The van der Waals surface area contributed by atoms with Crippen LogP contribution in [0.4, 0.5) is 0 Å². The van der Waals surface area contributed by atoms with Crippen molar-refractivity contribution in [3.8, 4) is 0 Å². The number of benzene rings is 2. The highest BCUT2D eigenvalue weighted by atomic mass is 32.2. The molecule has 1 aliphatic carbocycles. The minimum Gasteiger partial charge on any atom is -0.390 e. The molecule has 218 valence electrons. The van der Waals surface area contributed by atoms with Crippen LogP contribution in [0.1, 0.15) is 73.4 Å². The number of nitrogens with one attached hydrogen (secondary N) is 2. The quantitative estimate of drug-likeness (QED) is 0.239. The number of rotatable bonds is 12. The van der Waals surface area contributed by atoms with Crippen LogP contribution in [0, 0.1) is 25.7 Å². The Kier molecular flexibility index (Phi) is 11.5. The standard InChI is InChI=1S/C33H47N3O3S/c1-4-5-18-34-33(39)30-19-25-13-9-10-14-26(25)20-36(30)21-31(37)29(22-40-27-15-7-6-8-16-27)35-32(38)28-17-11-12-23(2)24(28)3/h6-8,11-12,15-17,25-26,29-31,37H,4-5,9-10,13-14,18-22H2,1-3H3,(H,34,39)(H,35,38)/t25-,26+,29-,30-,31+/m0/s1. The summed E-state index contributed by atoms with van der Waals surface area (Å²) in [5.41, 5.74) is 2.65. The Bertz CT molecular complexity index is 1110. The molecule has 5 atom stereocenters. The molecular formula is C33H47N3O3S. The van der Waals surface area contributed by atoms with Crippen molar-refractivity contribution in [3.63, 3.8) is 0 Å². The van der Waals surface area contributed by atoms with Gasteiger partial charge >= 0.3 is 0 Å². The van der Waals surface area contributed by atoms with E-state index < -0.39 is 12.1 Å². The Morgan fingerprint density at radius 2 is 1.80 bits per heavy atom. The summed E-state index contributed by atoms with van der Waals surface area (Å²) in [5.74, 6) is 1.60. The van der Waals surface area contributed by atoms with Crippen molar-refractivity contribution in [1.29, 1.82) is 0 Å². The van der Waals surface area contributed by atoms with E-state index in [0.717, 1.165) is 41.8 Å². The number of hydrogen-bond acceptors (Lipinski definition) is 5. The number of hydrogen-bond donors (Lipinski definition) is 3. The molecular weight excluding hydrogens is 518 g/mol. The predicted octanol–water partition coefficient (Wildman–Crippen LogP) is 5.35. The van der Waals surface area contributed by atoms with E-state index >= 15 is 0 Å². The second-order valence-electron chi connectivity index (χ2n) is 11.7. The first-order valence-corrected chi connectivity index (χ1v) is 16.1. The van der Waals surface area contributed by atoms with Crippen LogP contribution in [0.2, 0.25) is 0 Å². The molecule has 1 heterocycles. The number of carbonyl (C=O) groups is 2. The number of piperidine rings is 1. The summed E-state index contributed by atoms with van der Waals surface area (Å²) < 4.78 is 0. The largest absolute Gasteiger partial charge is 0.390 e. The van der Waals surface area contributed by atoms with Gasteiger partial charge in [0.25, 0.3) is 5.91 Å². The van der Waals surface area contributed by atoms with E-state index in [4.69, 9.17) is 0 Å². The third-order valence-corrected chi connectivity index (χ3v) is 9.99. The second kappa shape index (κ2) is 15.0. The molecule has 2 aromatic rings. The summed E-state index contributed by atoms with van der Waals surface area (Å²) in [6.45, 7) is 7.98. The van der Waals surface area contributed by atoms with Gasteiger partial charge in [-0.05, 0) is 74.3 Å². The first kappa shape index (κ1) is 30.6. The Labute approximate surface area is 244 Å². The van der Waals surface area contributed by atoms with Crippen LogP contribution >= 0.6 is 11.8 Å². The number of amides is 2. The van der Waals surface area contributed by atoms with Gasteiger partial charge in [-0.2, -0.15) is 0 Å². The molecule has 3 N–H and O–H groups in total. The van der Waals surface area contributed by atoms with Crippen LogP contribution in [-0.2, 0) is 4.79 Å². The van der Waals surface area contributed by atoms with E-state index in [2.05, 4.69) is 22.5 Å². The number of nitrogens with zero attached hydrogens (tertiary/aromatic N) is 1. The maximum Gasteiger partial charge on any atom is 0.251 e. The molecule has 40 heavy (non-hydrogen) atoms. The van der Waals surface area contributed by atoms with E-state index in [0.29, 0.717) is 36.2 Å². The molecule has 1 aliphatic heterocycles. The molecule has 0 unspecified atom stereocenters. The van der Waals surface area contributed by atoms with Crippen LogP contribution < -0.4 is 10.6 Å². The minimum absolute atomic E-state index is 0.0827. The lowest BCUT2D eigenvalue weighted by molar-refractivity contribution is -0.131.